The van der Waals surface area contributed by atoms with Gasteiger partial charge in [0.05, 0.1) is 19.1 Å². The molecule has 15 heavy (non-hydrogen) atoms. The maximum Gasteiger partial charge on any atom is 0.200 e. The average Bonchev–Trinajstić information content (AvgIpc) is 2.78. The molecule has 0 aromatic heterocycles. The SMILES string of the molecule is CCOC(OCC)C1=NOC2COCC12. The van der Waals surface area contributed by atoms with Crippen LogP contribution in [0, 0.1) is 5.92 Å². The van der Waals surface area contributed by atoms with Crippen LogP contribution in [0.3, 0.4) is 0 Å². The average molecular weight is 215 g/mol. The van der Waals surface area contributed by atoms with Gasteiger partial charge < -0.3 is 19.0 Å². The molecule has 5 heteroatoms. The Balaban J connectivity index is 2.00. The molecule has 0 aliphatic carbocycles. The van der Waals surface area contributed by atoms with E-state index in [4.69, 9.17) is 19.0 Å². The van der Waals surface area contributed by atoms with E-state index in [1.807, 2.05) is 13.8 Å². The summed E-state index contributed by atoms with van der Waals surface area (Å²) in [5.41, 5.74) is 0.834. The van der Waals surface area contributed by atoms with Gasteiger partial charge in [-0.15, -0.1) is 0 Å². The molecule has 1 fully saturated rings. The van der Waals surface area contributed by atoms with Crippen molar-refractivity contribution in [3.8, 4) is 0 Å². The monoisotopic (exact) mass is 215 g/mol. The van der Waals surface area contributed by atoms with E-state index in [9.17, 15) is 0 Å². The van der Waals surface area contributed by atoms with Gasteiger partial charge in [0.1, 0.15) is 5.71 Å². The maximum absolute atomic E-state index is 5.49. The van der Waals surface area contributed by atoms with Crippen molar-refractivity contribution in [1.82, 2.24) is 0 Å². The molecule has 2 heterocycles. The van der Waals surface area contributed by atoms with Crippen molar-refractivity contribution < 1.29 is 19.0 Å². The summed E-state index contributed by atoms with van der Waals surface area (Å²) < 4.78 is 16.3. The zero-order valence-electron chi connectivity index (χ0n) is 9.14. The molecule has 0 spiro atoms. The van der Waals surface area contributed by atoms with Crippen LogP contribution >= 0.6 is 0 Å². The number of oxime groups is 1. The molecular weight excluding hydrogens is 198 g/mol. The predicted molar refractivity (Wildman–Crippen MR) is 53.7 cm³/mol. The van der Waals surface area contributed by atoms with E-state index < -0.39 is 0 Å². The molecule has 0 amide bonds. The Morgan fingerprint density at radius 2 is 2.07 bits per heavy atom. The fraction of sp³-hybridized carbons (Fsp3) is 0.900. The van der Waals surface area contributed by atoms with E-state index in [0.717, 1.165) is 5.71 Å². The number of rotatable bonds is 5. The van der Waals surface area contributed by atoms with Crippen molar-refractivity contribution in [2.45, 2.75) is 26.2 Å². The Bertz CT molecular complexity index is 238. The van der Waals surface area contributed by atoms with Gasteiger partial charge in [-0.1, -0.05) is 5.16 Å². The van der Waals surface area contributed by atoms with Crippen molar-refractivity contribution in [2.75, 3.05) is 26.4 Å². The van der Waals surface area contributed by atoms with Crippen LogP contribution in [0.2, 0.25) is 0 Å². The van der Waals surface area contributed by atoms with Gasteiger partial charge in [0, 0.05) is 13.2 Å². The van der Waals surface area contributed by atoms with Gasteiger partial charge in [-0.3, -0.25) is 0 Å². The zero-order chi connectivity index (χ0) is 10.7. The molecule has 86 valence electrons. The number of nitrogens with zero attached hydrogens (tertiary/aromatic N) is 1. The van der Waals surface area contributed by atoms with Gasteiger partial charge in [0.15, 0.2) is 6.10 Å². The Morgan fingerprint density at radius 1 is 1.33 bits per heavy atom. The van der Waals surface area contributed by atoms with E-state index in [1.165, 1.54) is 0 Å². The summed E-state index contributed by atoms with van der Waals surface area (Å²) in [5.74, 6) is 0.202. The van der Waals surface area contributed by atoms with Crippen molar-refractivity contribution in [3.05, 3.63) is 0 Å². The molecule has 0 saturated carbocycles. The molecule has 2 aliphatic heterocycles. The fourth-order valence-electron chi connectivity index (χ4n) is 1.85. The summed E-state index contributed by atoms with van der Waals surface area (Å²) in [5, 5.41) is 4.04. The fourth-order valence-corrected chi connectivity index (χ4v) is 1.85. The Morgan fingerprint density at radius 3 is 2.73 bits per heavy atom. The van der Waals surface area contributed by atoms with Gasteiger partial charge in [-0.2, -0.15) is 0 Å². The molecule has 2 atom stereocenters. The molecular formula is C10H17NO4. The molecule has 2 rings (SSSR count). The Labute approximate surface area is 89.3 Å². The van der Waals surface area contributed by atoms with E-state index in [0.29, 0.717) is 26.4 Å². The second-order valence-electron chi connectivity index (χ2n) is 3.55. The number of hydrogen-bond acceptors (Lipinski definition) is 5. The lowest BCUT2D eigenvalue weighted by atomic mass is 10.0. The number of fused-ring (bicyclic) bond motifs is 1. The van der Waals surface area contributed by atoms with Gasteiger partial charge in [0.25, 0.3) is 0 Å². The third kappa shape index (κ3) is 2.14. The normalized spacial score (nSPS) is 29.1. The summed E-state index contributed by atoms with van der Waals surface area (Å²) >= 11 is 0. The van der Waals surface area contributed by atoms with Crippen LogP contribution in [-0.4, -0.2) is 44.5 Å². The van der Waals surface area contributed by atoms with Crippen molar-refractivity contribution in [1.29, 1.82) is 0 Å². The molecule has 0 aromatic rings. The number of ether oxygens (including phenoxy) is 3. The smallest absolute Gasteiger partial charge is 0.200 e. The third-order valence-electron chi connectivity index (χ3n) is 2.58. The molecule has 2 unspecified atom stereocenters. The molecule has 5 nitrogen and oxygen atoms in total. The molecule has 0 radical (unpaired) electrons. The van der Waals surface area contributed by atoms with Crippen LogP contribution in [0.15, 0.2) is 5.16 Å². The molecule has 0 N–H and O–H groups in total. The molecule has 1 saturated heterocycles. The minimum atomic E-state index is -0.378. The van der Waals surface area contributed by atoms with Gasteiger partial charge in [-0.05, 0) is 13.8 Å². The van der Waals surface area contributed by atoms with E-state index in [-0.39, 0.29) is 18.3 Å². The summed E-state index contributed by atoms with van der Waals surface area (Å²) in [6.07, 6.45) is -0.319. The van der Waals surface area contributed by atoms with Gasteiger partial charge >= 0.3 is 0 Å². The highest BCUT2D eigenvalue weighted by Crippen LogP contribution is 2.27. The number of hydrogen-bond donors (Lipinski definition) is 0. The highest BCUT2D eigenvalue weighted by atomic mass is 16.7. The standard InChI is InChI=1S/C10H17NO4/c1-3-13-10(14-4-2)9-7-5-12-6-8(7)15-11-9/h7-8,10H,3-6H2,1-2H3. The highest BCUT2D eigenvalue weighted by molar-refractivity contribution is 5.91. The maximum atomic E-state index is 5.49. The van der Waals surface area contributed by atoms with Crippen LogP contribution in [-0.2, 0) is 19.0 Å². The largest absolute Gasteiger partial charge is 0.389 e. The van der Waals surface area contributed by atoms with Gasteiger partial charge in [-0.25, -0.2) is 0 Å². The predicted octanol–water partition coefficient (Wildman–Crippen LogP) is 0.787. The minimum absolute atomic E-state index is 0.0587. The topological polar surface area (TPSA) is 49.3 Å². The lowest BCUT2D eigenvalue weighted by Crippen LogP contribution is -2.34. The second kappa shape index (κ2) is 4.92. The molecule has 0 bridgehead atoms. The Kier molecular flexibility index (Phi) is 3.56. The quantitative estimate of drug-likeness (QED) is 0.636. The lowest BCUT2D eigenvalue weighted by molar-refractivity contribution is -0.0924. The van der Waals surface area contributed by atoms with E-state index in [1.54, 1.807) is 0 Å². The first-order valence-electron chi connectivity index (χ1n) is 5.41. The minimum Gasteiger partial charge on any atom is -0.389 e. The highest BCUT2D eigenvalue weighted by Gasteiger charge is 2.43. The van der Waals surface area contributed by atoms with Crippen LogP contribution in [0.25, 0.3) is 0 Å². The van der Waals surface area contributed by atoms with Crippen molar-refractivity contribution >= 4 is 5.71 Å². The first kappa shape index (κ1) is 10.9. The first-order valence-corrected chi connectivity index (χ1v) is 5.41. The summed E-state index contributed by atoms with van der Waals surface area (Å²) in [7, 11) is 0. The van der Waals surface area contributed by atoms with Crippen LogP contribution < -0.4 is 0 Å². The van der Waals surface area contributed by atoms with Crippen LogP contribution in [0.4, 0.5) is 0 Å². The first-order chi connectivity index (χ1) is 7.36. The van der Waals surface area contributed by atoms with E-state index in [2.05, 4.69) is 5.16 Å². The summed E-state index contributed by atoms with van der Waals surface area (Å²) in [6, 6.07) is 0. The third-order valence-corrected chi connectivity index (χ3v) is 2.58. The van der Waals surface area contributed by atoms with E-state index >= 15 is 0 Å². The van der Waals surface area contributed by atoms with Crippen molar-refractivity contribution in [3.63, 3.8) is 0 Å². The molecule has 0 aromatic carbocycles. The van der Waals surface area contributed by atoms with Crippen molar-refractivity contribution in [2.24, 2.45) is 11.1 Å². The van der Waals surface area contributed by atoms with Gasteiger partial charge in [0.2, 0.25) is 6.29 Å². The summed E-state index contributed by atoms with van der Waals surface area (Å²) in [6.45, 7) is 6.34. The second-order valence-corrected chi connectivity index (χ2v) is 3.55. The zero-order valence-corrected chi connectivity index (χ0v) is 9.14. The molecule has 2 aliphatic rings. The lowest BCUT2D eigenvalue weighted by Gasteiger charge is -2.18. The Hall–Kier alpha value is -0.650. The summed E-state index contributed by atoms with van der Waals surface area (Å²) in [4.78, 5) is 5.27. The van der Waals surface area contributed by atoms with Crippen LogP contribution in [0.1, 0.15) is 13.8 Å². The van der Waals surface area contributed by atoms with Crippen LogP contribution in [0.5, 0.6) is 0 Å².